The van der Waals surface area contributed by atoms with Crippen molar-refractivity contribution in [2.24, 2.45) is 0 Å². The molecule has 0 unspecified atom stereocenters. The van der Waals surface area contributed by atoms with Gasteiger partial charge in [0.2, 0.25) is 0 Å². The first-order valence-corrected chi connectivity index (χ1v) is 8.88. The number of hydrogen-bond donors (Lipinski definition) is 1. The van der Waals surface area contributed by atoms with Gasteiger partial charge in [-0.1, -0.05) is 78.9 Å². The van der Waals surface area contributed by atoms with E-state index < -0.39 is 0 Å². The monoisotopic (exact) mass is 331 g/mol. The Kier molecular flexibility index (Phi) is 6.24. The zero-order valence-electron chi connectivity index (χ0n) is 14.5. The third kappa shape index (κ3) is 4.94. The van der Waals surface area contributed by atoms with E-state index in [-0.39, 0.29) is 6.61 Å². The first-order valence-electron chi connectivity index (χ1n) is 8.88. The highest BCUT2D eigenvalue weighted by atomic mass is 16.2. The molecule has 3 aromatic carbocycles. The largest absolute Gasteiger partial charge is 0.396 e. The molecule has 25 heavy (non-hydrogen) atoms. The van der Waals surface area contributed by atoms with Gasteiger partial charge in [0.1, 0.15) is 0 Å². The molecule has 0 fully saturated rings. The predicted octanol–water partition coefficient (Wildman–Crippen LogP) is 4.82. The van der Waals surface area contributed by atoms with Gasteiger partial charge in [-0.15, -0.1) is 0 Å². The number of hydrogen-bond acceptors (Lipinski definition) is 2. The van der Waals surface area contributed by atoms with Gasteiger partial charge in [-0.3, -0.25) is 0 Å². The van der Waals surface area contributed by atoms with Gasteiger partial charge in [0.25, 0.3) is 0 Å². The maximum atomic E-state index is 9.21. The summed E-state index contributed by atoms with van der Waals surface area (Å²) in [5, 5.41) is 9.21. The Hall–Kier alpha value is -2.58. The van der Waals surface area contributed by atoms with Gasteiger partial charge in [-0.2, -0.15) is 0 Å². The highest BCUT2D eigenvalue weighted by Crippen LogP contribution is 2.25. The van der Waals surface area contributed by atoms with E-state index in [0.29, 0.717) is 0 Å². The molecule has 0 heterocycles. The molecule has 3 rings (SSSR count). The lowest BCUT2D eigenvalue weighted by atomic mass is 10.0. The molecule has 128 valence electrons. The second-order valence-corrected chi connectivity index (χ2v) is 6.28. The van der Waals surface area contributed by atoms with E-state index in [2.05, 4.69) is 89.8 Å². The smallest absolute Gasteiger partial charge is 0.0434 e. The minimum atomic E-state index is 0.228. The second-order valence-electron chi connectivity index (χ2n) is 6.28. The molecule has 2 nitrogen and oxygen atoms in total. The molecule has 0 aromatic heterocycles. The van der Waals surface area contributed by atoms with Crippen molar-refractivity contribution in [3.63, 3.8) is 0 Å². The summed E-state index contributed by atoms with van der Waals surface area (Å²) >= 11 is 0. The topological polar surface area (TPSA) is 23.5 Å². The third-order valence-electron chi connectivity index (χ3n) is 4.37. The van der Waals surface area contributed by atoms with Gasteiger partial charge in [-0.25, -0.2) is 0 Å². The van der Waals surface area contributed by atoms with Crippen LogP contribution < -0.4 is 4.90 Å². The van der Waals surface area contributed by atoms with Crippen LogP contribution in [0.2, 0.25) is 0 Å². The summed E-state index contributed by atoms with van der Waals surface area (Å²) in [6.07, 6.45) is 1.69. The van der Waals surface area contributed by atoms with Crippen molar-refractivity contribution < 1.29 is 5.11 Å². The van der Waals surface area contributed by atoms with Crippen molar-refractivity contribution in [1.29, 1.82) is 0 Å². The van der Waals surface area contributed by atoms with Crippen LogP contribution in [-0.4, -0.2) is 11.7 Å². The second kappa shape index (κ2) is 9.05. The third-order valence-corrected chi connectivity index (χ3v) is 4.37. The molecule has 0 saturated carbocycles. The summed E-state index contributed by atoms with van der Waals surface area (Å²) in [5.41, 5.74) is 5.15. The van der Waals surface area contributed by atoms with Crippen LogP contribution in [-0.2, 0) is 19.5 Å². The van der Waals surface area contributed by atoms with Gasteiger partial charge in [0.15, 0.2) is 0 Å². The Balaban J connectivity index is 1.90. The summed E-state index contributed by atoms with van der Waals surface area (Å²) in [6.45, 7) is 1.96. The molecule has 0 saturated heterocycles. The number of aliphatic hydroxyl groups is 1. The molecular formula is C23H25NO. The molecule has 0 radical (unpaired) electrons. The number of para-hydroxylation sites is 1. The first-order chi connectivity index (χ1) is 12.4. The SMILES string of the molecule is OCCCc1ccccc1N(Cc1ccccc1)Cc1ccccc1. The highest BCUT2D eigenvalue weighted by Gasteiger charge is 2.12. The standard InChI is InChI=1S/C23H25NO/c25-17-9-15-22-14-7-8-16-23(22)24(18-20-10-3-1-4-11-20)19-21-12-5-2-6-13-21/h1-8,10-14,16,25H,9,15,17-19H2. The number of aliphatic hydroxyl groups excluding tert-OH is 1. The summed E-state index contributed by atoms with van der Waals surface area (Å²) in [5.74, 6) is 0. The average molecular weight is 331 g/mol. The fraction of sp³-hybridized carbons (Fsp3) is 0.217. The number of nitrogens with zero attached hydrogens (tertiary/aromatic N) is 1. The van der Waals surface area contributed by atoms with Crippen LogP contribution in [0.5, 0.6) is 0 Å². The van der Waals surface area contributed by atoms with Crippen LogP contribution in [0.4, 0.5) is 5.69 Å². The van der Waals surface area contributed by atoms with Crippen LogP contribution in [0.3, 0.4) is 0 Å². The Morgan fingerprint density at radius 3 is 1.72 bits per heavy atom. The quantitative estimate of drug-likeness (QED) is 0.640. The Bertz CT molecular complexity index is 714. The van der Waals surface area contributed by atoms with Crippen LogP contribution in [0.1, 0.15) is 23.1 Å². The van der Waals surface area contributed by atoms with Crippen molar-refractivity contribution >= 4 is 5.69 Å². The number of anilines is 1. The zero-order chi connectivity index (χ0) is 17.3. The van der Waals surface area contributed by atoms with Crippen LogP contribution >= 0.6 is 0 Å². The van der Waals surface area contributed by atoms with Crippen molar-refractivity contribution in [2.45, 2.75) is 25.9 Å². The Morgan fingerprint density at radius 2 is 1.16 bits per heavy atom. The van der Waals surface area contributed by atoms with E-state index >= 15 is 0 Å². The average Bonchev–Trinajstić information content (AvgIpc) is 2.68. The number of rotatable bonds is 8. The van der Waals surface area contributed by atoms with Gasteiger partial charge in [-0.05, 0) is 35.6 Å². The summed E-state index contributed by atoms with van der Waals surface area (Å²) in [4.78, 5) is 2.43. The minimum Gasteiger partial charge on any atom is -0.396 e. The summed E-state index contributed by atoms with van der Waals surface area (Å²) in [7, 11) is 0. The lowest BCUT2D eigenvalue weighted by Gasteiger charge is -2.28. The molecule has 1 N–H and O–H groups in total. The van der Waals surface area contributed by atoms with E-state index in [9.17, 15) is 5.11 Å². The molecule has 0 atom stereocenters. The van der Waals surface area contributed by atoms with Gasteiger partial charge >= 0.3 is 0 Å². The maximum Gasteiger partial charge on any atom is 0.0434 e. The lowest BCUT2D eigenvalue weighted by molar-refractivity contribution is 0.288. The molecule has 0 aliphatic carbocycles. The molecule has 2 heteroatoms. The van der Waals surface area contributed by atoms with Crippen molar-refractivity contribution in [2.75, 3.05) is 11.5 Å². The van der Waals surface area contributed by atoms with Crippen LogP contribution in [0.25, 0.3) is 0 Å². The molecule has 0 bridgehead atoms. The van der Waals surface area contributed by atoms with Crippen molar-refractivity contribution in [3.8, 4) is 0 Å². The van der Waals surface area contributed by atoms with Crippen LogP contribution in [0.15, 0.2) is 84.9 Å². The normalized spacial score (nSPS) is 10.6. The highest BCUT2D eigenvalue weighted by molar-refractivity contribution is 5.54. The maximum absolute atomic E-state index is 9.21. The Labute approximate surface area is 150 Å². The van der Waals surface area contributed by atoms with E-state index in [1.165, 1.54) is 22.4 Å². The zero-order valence-corrected chi connectivity index (χ0v) is 14.5. The van der Waals surface area contributed by atoms with Gasteiger partial charge in [0.05, 0.1) is 0 Å². The minimum absolute atomic E-state index is 0.228. The molecule has 0 aliphatic heterocycles. The molecule has 0 spiro atoms. The predicted molar refractivity (Wildman–Crippen MR) is 105 cm³/mol. The van der Waals surface area contributed by atoms with E-state index in [4.69, 9.17) is 0 Å². The van der Waals surface area contributed by atoms with Gasteiger partial charge in [0, 0.05) is 25.4 Å². The summed E-state index contributed by atoms with van der Waals surface area (Å²) in [6, 6.07) is 29.7. The van der Waals surface area contributed by atoms with E-state index in [1.54, 1.807) is 0 Å². The van der Waals surface area contributed by atoms with Crippen LogP contribution in [0, 0.1) is 0 Å². The molecular weight excluding hydrogens is 306 g/mol. The number of benzene rings is 3. The van der Waals surface area contributed by atoms with Gasteiger partial charge < -0.3 is 10.0 Å². The van der Waals surface area contributed by atoms with Crippen molar-refractivity contribution in [3.05, 3.63) is 102 Å². The fourth-order valence-corrected chi connectivity index (χ4v) is 3.13. The number of aryl methyl sites for hydroxylation is 1. The fourth-order valence-electron chi connectivity index (χ4n) is 3.13. The van der Waals surface area contributed by atoms with Crippen molar-refractivity contribution in [1.82, 2.24) is 0 Å². The molecule has 3 aromatic rings. The van der Waals surface area contributed by atoms with E-state index in [1.807, 2.05) is 0 Å². The summed E-state index contributed by atoms with van der Waals surface area (Å²) < 4.78 is 0. The Morgan fingerprint density at radius 1 is 0.640 bits per heavy atom. The molecule has 0 aliphatic rings. The molecule has 0 amide bonds. The first kappa shape index (κ1) is 17.2. The van der Waals surface area contributed by atoms with E-state index in [0.717, 1.165) is 25.9 Å². The lowest BCUT2D eigenvalue weighted by Crippen LogP contribution is -2.23.